The summed E-state index contributed by atoms with van der Waals surface area (Å²) in [6.07, 6.45) is 1.11. The molecule has 1 aromatic heterocycles. The van der Waals surface area contributed by atoms with Crippen LogP contribution in [0.15, 0.2) is 36.6 Å². The van der Waals surface area contributed by atoms with Crippen molar-refractivity contribution < 1.29 is 13.6 Å². The number of rotatable bonds is 1. The lowest BCUT2D eigenvalue weighted by molar-refractivity contribution is -0.672. The molecule has 0 fully saturated rings. The van der Waals surface area contributed by atoms with E-state index in [0.29, 0.717) is 8.95 Å². The number of hydrogen-bond donors (Lipinski definition) is 1. The predicted octanol–water partition coefficient (Wildman–Crippen LogP) is 1.91. The van der Waals surface area contributed by atoms with Crippen LogP contribution in [0.4, 0.5) is 4.39 Å². The van der Waals surface area contributed by atoms with E-state index in [1.807, 2.05) is 0 Å². The summed E-state index contributed by atoms with van der Waals surface area (Å²) in [6, 6.07) is 2.95. The molecule has 2 rings (SSSR count). The van der Waals surface area contributed by atoms with Gasteiger partial charge in [-0.2, -0.15) is 4.39 Å². The molecule has 0 radical (unpaired) electrons. The molecule has 0 aliphatic rings. The van der Waals surface area contributed by atoms with Gasteiger partial charge in [-0.3, -0.25) is 4.52 Å². The van der Waals surface area contributed by atoms with Crippen LogP contribution in [-0.2, 0) is 0 Å². The van der Waals surface area contributed by atoms with Crippen LogP contribution in [0.5, 0.6) is 0 Å². The summed E-state index contributed by atoms with van der Waals surface area (Å²) in [4.78, 5) is 10.8. The van der Waals surface area contributed by atoms with Crippen LogP contribution in [0.3, 0.4) is 0 Å². The minimum atomic E-state index is -0.579. The molecular weight excluding hydrogens is 335 g/mol. The summed E-state index contributed by atoms with van der Waals surface area (Å²) in [5.41, 5.74) is -0.395. The molecule has 1 aromatic carbocycles. The van der Waals surface area contributed by atoms with E-state index in [9.17, 15) is 9.18 Å². The summed E-state index contributed by atoms with van der Waals surface area (Å²) in [6.45, 7) is 0. The van der Waals surface area contributed by atoms with Gasteiger partial charge in [0.05, 0.1) is 4.47 Å². The van der Waals surface area contributed by atoms with Gasteiger partial charge in [0, 0.05) is 4.47 Å². The Balaban J connectivity index is 2.67. The summed E-state index contributed by atoms with van der Waals surface area (Å²) in [7, 11) is 0. The lowest BCUT2D eigenvalue weighted by atomic mass is 10.3. The maximum atomic E-state index is 13.6. The van der Waals surface area contributed by atoms with Crippen molar-refractivity contribution >= 4 is 31.9 Å². The first-order valence-corrected chi connectivity index (χ1v) is 5.41. The van der Waals surface area contributed by atoms with Gasteiger partial charge >= 0.3 is 5.63 Å². The van der Waals surface area contributed by atoms with Crippen molar-refractivity contribution in [2.45, 2.75) is 0 Å². The number of benzene rings is 1. The Labute approximate surface area is 99.9 Å². The van der Waals surface area contributed by atoms with Crippen molar-refractivity contribution in [3.8, 4) is 5.69 Å². The van der Waals surface area contributed by atoms with E-state index in [4.69, 9.17) is 0 Å². The molecule has 0 saturated carbocycles. The minimum absolute atomic E-state index is 0.184. The third-order valence-electron chi connectivity index (χ3n) is 1.70. The summed E-state index contributed by atoms with van der Waals surface area (Å²) >= 11 is 6.34. The monoisotopic (exact) mass is 337 g/mol. The molecule has 0 unspecified atom stereocenters. The van der Waals surface area contributed by atoms with Crippen LogP contribution in [0, 0.1) is 5.82 Å². The number of nitrogens with zero attached hydrogens (tertiary/aromatic N) is 1. The fraction of sp³-hybridized carbons (Fsp3) is 0. The minimum Gasteiger partial charge on any atom is -0.283 e. The standard InChI is InChI=1S/C8H3Br2FN2O2/c9-4-1-5(10)8(6(11)2-4)13-3-7(14)15-12-13/h1-3H/p+1. The van der Waals surface area contributed by atoms with Gasteiger partial charge in [0.2, 0.25) is 0 Å². The fourth-order valence-electron chi connectivity index (χ4n) is 1.13. The molecule has 2 aromatic rings. The van der Waals surface area contributed by atoms with Gasteiger partial charge < -0.3 is 0 Å². The van der Waals surface area contributed by atoms with Crippen molar-refractivity contribution in [3.63, 3.8) is 0 Å². The molecule has 0 saturated heterocycles. The van der Waals surface area contributed by atoms with Gasteiger partial charge in [-0.1, -0.05) is 15.9 Å². The van der Waals surface area contributed by atoms with E-state index in [2.05, 4.69) is 41.7 Å². The van der Waals surface area contributed by atoms with Crippen molar-refractivity contribution in [2.24, 2.45) is 0 Å². The van der Waals surface area contributed by atoms with Crippen molar-refractivity contribution in [3.05, 3.63) is 43.5 Å². The van der Waals surface area contributed by atoms with E-state index in [1.54, 1.807) is 6.07 Å². The smallest absolute Gasteiger partial charge is 0.283 e. The molecule has 1 N–H and O–H groups in total. The molecular formula is C8H4Br2FN2O2+. The maximum absolute atomic E-state index is 13.6. The largest absolute Gasteiger partial charge is 0.427 e. The van der Waals surface area contributed by atoms with Crippen LogP contribution in [0.2, 0.25) is 0 Å². The zero-order valence-corrected chi connectivity index (χ0v) is 10.3. The van der Waals surface area contributed by atoms with Gasteiger partial charge in [-0.15, -0.1) is 0 Å². The fourth-order valence-corrected chi connectivity index (χ4v) is 2.49. The summed E-state index contributed by atoms with van der Waals surface area (Å²) < 4.78 is 20.3. The Hall–Kier alpha value is -0.950. The van der Waals surface area contributed by atoms with E-state index < -0.39 is 11.4 Å². The lowest BCUT2D eigenvalue weighted by Crippen LogP contribution is -2.34. The normalized spacial score (nSPS) is 10.6. The second-order valence-electron chi connectivity index (χ2n) is 2.73. The molecule has 0 aliphatic heterocycles. The molecule has 4 nitrogen and oxygen atoms in total. The average molecular weight is 339 g/mol. The molecule has 0 aliphatic carbocycles. The zero-order chi connectivity index (χ0) is 11.0. The van der Waals surface area contributed by atoms with Gasteiger partial charge in [0.25, 0.3) is 11.9 Å². The van der Waals surface area contributed by atoms with E-state index in [1.165, 1.54) is 6.07 Å². The highest BCUT2D eigenvalue weighted by Gasteiger charge is 2.21. The molecule has 0 amide bonds. The lowest BCUT2D eigenvalue weighted by Gasteiger charge is -1.97. The number of halogens is 3. The predicted molar refractivity (Wildman–Crippen MR) is 56.2 cm³/mol. The highest BCUT2D eigenvalue weighted by Crippen LogP contribution is 2.24. The second-order valence-corrected chi connectivity index (χ2v) is 4.50. The SMILES string of the molecule is O=c1c[n+](-c2c(F)cc(Br)cc2Br)[nH]o1. The molecule has 0 spiro atoms. The first kappa shape index (κ1) is 10.6. The van der Waals surface area contributed by atoms with Crippen LogP contribution in [-0.4, -0.2) is 5.27 Å². The molecule has 1 heterocycles. The van der Waals surface area contributed by atoms with Crippen molar-refractivity contribution in [2.75, 3.05) is 0 Å². The van der Waals surface area contributed by atoms with Crippen molar-refractivity contribution in [1.82, 2.24) is 5.27 Å². The van der Waals surface area contributed by atoms with Crippen molar-refractivity contribution in [1.29, 1.82) is 0 Å². The van der Waals surface area contributed by atoms with E-state index in [0.717, 1.165) is 10.9 Å². The Morgan fingerprint density at radius 1 is 1.40 bits per heavy atom. The Morgan fingerprint density at radius 3 is 2.67 bits per heavy atom. The second kappa shape index (κ2) is 3.90. The van der Waals surface area contributed by atoms with E-state index in [-0.39, 0.29) is 5.69 Å². The third kappa shape index (κ3) is 2.03. The Kier molecular flexibility index (Phi) is 2.74. The van der Waals surface area contributed by atoms with E-state index >= 15 is 0 Å². The molecule has 78 valence electrons. The first-order chi connectivity index (χ1) is 7.08. The van der Waals surface area contributed by atoms with Crippen LogP contribution in [0.25, 0.3) is 5.69 Å². The maximum Gasteiger partial charge on any atom is 0.427 e. The first-order valence-electron chi connectivity index (χ1n) is 3.83. The molecule has 0 atom stereocenters. The Bertz CT molecular complexity index is 541. The van der Waals surface area contributed by atoms with Gasteiger partial charge in [-0.25, -0.2) is 4.79 Å². The van der Waals surface area contributed by atoms with Crippen LogP contribution < -0.4 is 10.3 Å². The Morgan fingerprint density at radius 2 is 2.13 bits per heavy atom. The number of nitrogens with one attached hydrogen (secondary N) is 1. The molecule has 7 heteroatoms. The average Bonchev–Trinajstić information content (AvgIpc) is 2.49. The summed E-state index contributed by atoms with van der Waals surface area (Å²) in [5, 5.41) is 2.27. The van der Waals surface area contributed by atoms with Crippen LogP contribution in [0.1, 0.15) is 0 Å². The molecule has 15 heavy (non-hydrogen) atoms. The van der Waals surface area contributed by atoms with Gasteiger partial charge in [0.1, 0.15) is 0 Å². The third-order valence-corrected chi connectivity index (χ3v) is 2.76. The summed E-state index contributed by atoms with van der Waals surface area (Å²) in [5.74, 6) is -0.488. The molecule has 0 bridgehead atoms. The topological polar surface area (TPSA) is 49.9 Å². The number of H-pyrrole nitrogens is 1. The number of hydrogen-bond acceptors (Lipinski definition) is 2. The number of aromatic amines is 1. The zero-order valence-electron chi connectivity index (χ0n) is 7.13. The highest BCUT2D eigenvalue weighted by molar-refractivity contribution is 9.11. The van der Waals surface area contributed by atoms with Gasteiger partial charge in [0.15, 0.2) is 5.82 Å². The highest BCUT2D eigenvalue weighted by atomic mass is 79.9. The number of aromatic nitrogens is 2. The van der Waals surface area contributed by atoms with Crippen LogP contribution >= 0.6 is 31.9 Å². The quantitative estimate of drug-likeness (QED) is 0.807. The van der Waals surface area contributed by atoms with Gasteiger partial charge in [-0.05, 0) is 38.0 Å².